The number of benzene rings is 3. The first-order valence-corrected chi connectivity index (χ1v) is 19.0. The van der Waals surface area contributed by atoms with Crippen LogP contribution in [-0.4, -0.2) is 87.2 Å². The number of amides is 4. The van der Waals surface area contributed by atoms with E-state index < -0.39 is 11.9 Å². The van der Waals surface area contributed by atoms with Gasteiger partial charge < -0.3 is 29.9 Å². The summed E-state index contributed by atoms with van der Waals surface area (Å²) in [6, 6.07) is 21.3. The summed E-state index contributed by atoms with van der Waals surface area (Å²) in [6.07, 6.45) is 5.60. The number of carbonyl (C=O) groups excluding carboxylic acids is 4. The lowest BCUT2D eigenvalue weighted by Gasteiger charge is -2.36. The minimum absolute atomic E-state index is 0.0945. The number of aryl methyl sites for hydroxylation is 1. The number of unbranched alkanes of at least 4 members (excludes halogenated alkanes) is 2. The van der Waals surface area contributed by atoms with Crippen molar-refractivity contribution < 1.29 is 29.0 Å². The molecule has 2 aliphatic heterocycles. The fourth-order valence-corrected chi connectivity index (χ4v) is 7.10. The second kappa shape index (κ2) is 17.6. The van der Waals surface area contributed by atoms with E-state index in [4.69, 9.17) is 9.84 Å². The van der Waals surface area contributed by atoms with Gasteiger partial charge in [-0.25, -0.2) is 4.68 Å². The summed E-state index contributed by atoms with van der Waals surface area (Å²) in [6.45, 7) is 7.82. The molecule has 1 atom stereocenters. The lowest BCUT2D eigenvalue weighted by atomic mass is 9.93. The average molecular weight is 735 g/mol. The molecule has 1 aromatic heterocycles. The smallest absolute Gasteiger partial charge is 0.274 e. The van der Waals surface area contributed by atoms with Gasteiger partial charge in [-0.2, -0.15) is 5.10 Å². The Morgan fingerprint density at radius 3 is 2.35 bits per heavy atom. The largest absolute Gasteiger partial charge is 0.484 e. The Kier molecular flexibility index (Phi) is 12.4. The molecule has 6 rings (SSSR count). The summed E-state index contributed by atoms with van der Waals surface area (Å²) in [5.41, 5.74) is 4.94. The Bertz CT molecular complexity index is 1970. The van der Waals surface area contributed by atoms with Crippen molar-refractivity contribution in [2.24, 2.45) is 0 Å². The van der Waals surface area contributed by atoms with Crippen LogP contribution in [0, 0.1) is 6.92 Å². The van der Waals surface area contributed by atoms with E-state index >= 15 is 0 Å². The van der Waals surface area contributed by atoms with Crippen LogP contribution in [0.15, 0.2) is 72.8 Å². The third-order valence-corrected chi connectivity index (χ3v) is 10.1. The van der Waals surface area contributed by atoms with Crippen molar-refractivity contribution in [2.75, 3.05) is 43.1 Å². The van der Waals surface area contributed by atoms with Gasteiger partial charge >= 0.3 is 0 Å². The molecule has 0 spiro atoms. The topological polar surface area (TPSA) is 137 Å². The van der Waals surface area contributed by atoms with Crippen LogP contribution in [0.1, 0.15) is 90.0 Å². The van der Waals surface area contributed by atoms with Crippen molar-refractivity contribution >= 4 is 35.0 Å². The van der Waals surface area contributed by atoms with Gasteiger partial charge in [-0.3, -0.25) is 19.2 Å². The minimum atomic E-state index is -0.455. The maximum absolute atomic E-state index is 14.6. The third-order valence-electron chi connectivity index (χ3n) is 10.1. The maximum atomic E-state index is 14.6. The minimum Gasteiger partial charge on any atom is -0.484 e. The fraction of sp³-hybridized carbons (Fsp3) is 0.405. The Labute approximate surface area is 316 Å². The highest BCUT2D eigenvalue weighted by molar-refractivity contribution is 6.01. The van der Waals surface area contributed by atoms with Gasteiger partial charge in [-0.15, -0.1) is 0 Å². The van der Waals surface area contributed by atoms with Crippen molar-refractivity contribution in [1.82, 2.24) is 19.6 Å². The van der Waals surface area contributed by atoms with Crippen molar-refractivity contribution in [3.63, 3.8) is 0 Å². The number of aliphatic hydroxyl groups is 1. The number of hydrogen-bond acceptors (Lipinski definition) is 7. The van der Waals surface area contributed by atoms with E-state index in [1.54, 1.807) is 63.0 Å². The standard InChI is InChI=1S/C42H50N6O6/c1-4-6-20-45(21-7-5-2)42(53)37-23-29(3)48(44-37)38-19-14-32(25-36(38)41(52)47-26-31-12-9-8-11-30(31)24-34(47)27-49)43-39(50)28-54-35-17-15-33(16-18-35)46-22-10-13-40(46)51/h8-9,11-12,14-19,23,25,34,49H,4-7,10,13,20-22,24,26-28H2,1-3H3,(H,43,50). The highest BCUT2D eigenvalue weighted by Crippen LogP contribution is 2.29. The van der Waals surface area contributed by atoms with Gasteiger partial charge in [0.25, 0.3) is 17.7 Å². The molecule has 0 radical (unpaired) electrons. The molecule has 1 unspecified atom stereocenters. The molecule has 2 N–H and O–H groups in total. The number of aromatic nitrogens is 2. The highest BCUT2D eigenvalue weighted by Gasteiger charge is 2.32. The summed E-state index contributed by atoms with van der Waals surface area (Å²) >= 11 is 0. The van der Waals surface area contributed by atoms with Gasteiger partial charge in [-0.05, 0) is 92.3 Å². The first kappa shape index (κ1) is 38.2. The normalized spacial score (nSPS) is 15.3. The summed E-state index contributed by atoms with van der Waals surface area (Å²) in [7, 11) is 0. The zero-order valence-corrected chi connectivity index (χ0v) is 31.4. The Morgan fingerprint density at radius 1 is 0.963 bits per heavy atom. The van der Waals surface area contributed by atoms with Gasteiger partial charge in [0.15, 0.2) is 12.3 Å². The van der Waals surface area contributed by atoms with E-state index in [0.29, 0.717) is 67.5 Å². The lowest BCUT2D eigenvalue weighted by molar-refractivity contribution is -0.118. The number of ether oxygens (including phenoxy) is 1. The zero-order valence-electron chi connectivity index (χ0n) is 31.4. The molecule has 3 aromatic carbocycles. The SMILES string of the molecule is CCCCN(CCCC)C(=O)c1cc(C)n(-c2ccc(NC(=O)COc3ccc(N4CCCC4=O)cc3)cc2C(=O)N2Cc3ccccc3CC2CO)n1. The molecule has 0 aliphatic carbocycles. The molecule has 0 saturated carbocycles. The predicted octanol–water partition coefficient (Wildman–Crippen LogP) is 5.93. The molecule has 12 heteroatoms. The van der Waals surface area contributed by atoms with E-state index in [2.05, 4.69) is 19.2 Å². The van der Waals surface area contributed by atoms with Crippen molar-refractivity contribution in [3.8, 4) is 11.4 Å². The van der Waals surface area contributed by atoms with Crippen LogP contribution in [0.4, 0.5) is 11.4 Å². The van der Waals surface area contributed by atoms with Gasteiger partial charge in [0.05, 0.1) is 23.9 Å². The van der Waals surface area contributed by atoms with E-state index in [-0.39, 0.29) is 36.5 Å². The molecule has 2 aliphatic rings. The Morgan fingerprint density at radius 2 is 1.69 bits per heavy atom. The quantitative estimate of drug-likeness (QED) is 0.155. The van der Waals surface area contributed by atoms with Crippen LogP contribution in [0.25, 0.3) is 5.69 Å². The summed E-state index contributed by atoms with van der Waals surface area (Å²) in [5.74, 6) is -0.338. The fourth-order valence-electron chi connectivity index (χ4n) is 7.10. The number of aliphatic hydroxyl groups excluding tert-OH is 1. The van der Waals surface area contributed by atoms with Gasteiger partial charge in [0, 0.05) is 49.7 Å². The number of nitrogens with zero attached hydrogens (tertiary/aromatic N) is 5. The zero-order chi connectivity index (χ0) is 38.2. The van der Waals surface area contributed by atoms with Crippen LogP contribution in [0.5, 0.6) is 5.75 Å². The van der Waals surface area contributed by atoms with Crippen molar-refractivity contribution in [2.45, 2.75) is 78.3 Å². The maximum Gasteiger partial charge on any atom is 0.274 e. The molecule has 284 valence electrons. The molecular formula is C42H50N6O6. The number of rotatable bonds is 15. The first-order chi connectivity index (χ1) is 26.2. The number of hydrogen-bond donors (Lipinski definition) is 2. The van der Waals surface area contributed by atoms with Crippen molar-refractivity contribution in [1.29, 1.82) is 0 Å². The number of fused-ring (bicyclic) bond motifs is 1. The number of anilines is 2. The molecule has 3 heterocycles. The van der Waals surface area contributed by atoms with Crippen LogP contribution >= 0.6 is 0 Å². The number of nitrogens with one attached hydrogen (secondary N) is 1. The monoisotopic (exact) mass is 734 g/mol. The van der Waals surface area contributed by atoms with Crippen molar-refractivity contribution in [3.05, 3.63) is 101 Å². The molecule has 1 fully saturated rings. The first-order valence-electron chi connectivity index (χ1n) is 19.0. The summed E-state index contributed by atoms with van der Waals surface area (Å²) in [4.78, 5) is 58.8. The van der Waals surface area contributed by atoms with E-state index in [1.807, 2.05) is 36.1 Å². The lowest BCUT2D eigenvalue weighted by Crippen LogP contribution is -2.46. The van der Waals surface area contributed by atoms with E-state index in [1.165, 1.54) is 0 Å². The van der Waals surface area contributed by atoms with Crippen LogP contribution in [0.3, 0.4) is 0 Å². The van der Waals surface area contributed by atoms with Gasteiger partial charge in [0.1, 0.15) is 5.75 Å². The van der Waals surface area contributed by atoms with E-state index in [0.717, 1.165) is 48.9 Å². The predicted molar refractivity (Wildman–Crippen MR) is 207 cm³/mol. The van der Waals surface area contributed by atoms with Crippen LogP contribution in [-0.2, 0) is 22.6 Å². The molecule has 4 aromatic rings. The molecule has 4 amide bonds. The van der Waals surface area contributed by atoms with E-state index in [9.17, 15) is 24.3 Å². The van der Waals surface area contributed by atoms with Gasteiger partial charge in [0.2, 0.25) is 5.91 Å². The summed E-state index contributed by atoms with van der Waals surface area (Å²) < 4.78 is 7.36. The van der Waals surface area contributed by atoms with Crippen LogP contribution in [0.2, 0.25) is 0 Å². The molecule has 12 nitrogen and oxygen atoms in total. The Balaban J connectivity index is 1.26. The Hall–Kier alpha value is -5.49. The molecule has 54 heavy (non-hydrogen) atoms. The average Bonchev–Trinajstić information content (AvgIpc) is 3.81. The summed E-state index contributed by atoms with van der Waals surface area (Å²) in [5, 5.41) is 18.0. The number of carbonyl (C=O) groups is 4. The second-order valence-electron chi connectivity index (χ2n) is 14.0. The molecule has 0 bridgehead atoms. The van der Waals surface area contributed by atoms with Gasteiger partial charge in [-0.1, -0.05) is 51.0 Å². The molecule has 1 saturated heterocycles. The third kappa shape index (κ3) is 8.65. The molecular weight excluding hydrogens is 684 g/mol. The highest BCUT2D eigenvalue weighted by atomic mass is 16.5. The second-order valence-corrected chi connectivity index (χ2v) is 14.0. The van der Waals surface area contributed by atoms with Crippen LogP contribution < -0.4 is 15.0 Å².